The largest absolute Gasteiger partial charge is 0.497 e. The van der Waals surface area contributed by atoms with E-state index >= 15 is 0 Å². The van der Waals surface area contributed by atoms with Crippen molar-refractivity contribution in [3.63, 3.8) is 0 Å². The Kier molecular flexibility index (Phi) is 6.29. The Morgan fingerprint density at radius 2 is 2.05 bits per heavy atom. The highest BCUT2D eigenvalue weighted by molar-refractivity contribution is 5.77. The lowest BCUT2D eigenvalue weighted by Gasteiger charge is -2.13. The molecule has 5 nitrogen and oxygen atoms in total. The molecule has 0 saturated heterocycles. The molecule has 0 radical (unpaired) electrons. The van der Waals surface area contributed by atoms with Gasteiger partial charge in [-0.25, -0.2) is 0 Å². The Labute approximate surface area is 120 Å². The fourth-order valence-corrected chi connectivity index (χ4v) is 1.53. The zero-order chi connectivity index (χ0) is 15.9. The summed E-state index contributed by atoms with van der Waals surface area (Å²) in [7, 11) is 3.22. The molecule has 0 atom stereocenters. The maximum absolute atomic E-state index is 12.0. The average molecular weight is 306 g/mol. The summed E-state index contributed by atoms with van der Waals surface area (Å²) in [5, 5.41) is 4.66. The highest BCUT2D eigenvalue weighted by atomic mass is 19.4. The molecule has 118 valence electrons. The third-order valence-corrected chi connectivity index (χ3v) is 2.49. The minimum atomic E-state index is -4.44. The molecule has 0 spiro atoms. The van der Waals surface area contributed by atoms with E-state index < -0.39 is 25.2 Å². The molecular formula is C13H17F3N2O3. The van der Waals surface area contributed by atoms with Gasteiger partial charge in [-0.15, -0.1) is 0 Å². The van der Waals surface area contributed by atoms with Gasteiger partial charge in [-0.05, 0) is 13.1 Å². The Balaban J connectivity index is 2.62. The Morgan fingerprint density at radius 1 is 1.33 bits per heavy atom. The van der Waals surface area contributed by atoms with Crippen LogP contribution in [-0.2, 0) is 11.3 Å². The minimum Gasteiger partial charge on any atom is -0.497 e. The van der Waals surface area contributed by atoms with E-state index in [0.29, 0.717) is 18.0 Å². The van der Waals surface area contributed by atoms with Crippen LogP contribution in [0.5, 0.6) is 11.5 Å². The first kappa shape index (κ1) is 17.1. The molecule has 1 rings (SSSR count). The number of hydrogen-bond acceptors (Lipinski definition) is 4. The lowest BCUT2D eigenvalue weighted by atomic mass is 10.2. The molecule has 1 aromatic rings. The van der Waals surface area contributed by atoms with E-state index in [0.717, 1.165) is 5.56 Å². The molecule has 0 saturated carbocycles. The van der Waals surface area contributed by atoms with E-state index in [4.69, 9.17) is 9.47 Å². The number of ether oxygens (including phenoxy) is 2. The summed E-state index contributed by atoms with van der Waals surface area (Å²) in [4.78, 5) is 11.3. The number of nitrogens with one attached hydrogen (secondary N) is 2. The van der Waals surface area contributed by atoms with E-state index in [1.54, 1.807) is 30.6 Å². The van der Waals surface area contributed by atoms with E-state index in [1.807, 2.05) is 0 Å². The molecule has 2 N–H and O–H groups in total. The summed E-state index contributed by atoms with van der Waals surface area (Å²) < 4.78 is 46.2. The van der Waals surface area contributed by atoms with E-state index in [2.05, 4.69) is 5.32 Å². The van der Waals surface area contributed by atoms with Gasteiger partial charge in [-0.3, -0.25) is 4.79 Å². The van der Waals surface area contributed by atoms with Crippen LogP contribution in [0.1, 0.15) is 5.56 Å². The normalized spacial score (nSPS) is 11.1. The van der Waals surface area contributed by atoms with Crippen molar-refractivity contribution in [3.8, 4) is 11.5 Å². The summed E-state index contributed by atoms with van der Waals surface area (Å²) in [6, 6.07) is 5.05. The molecule has 0 aliphatic rings. The number of carbonyl (C=O) groups is 1. The lowest BCUT2D eigenvalue weighted by molar-refractivity contribution is -0.139. The van der Waals surface area contributed by atoms with Crippen LogP contribution >= 0.6 is 0 Å². The molecule has 1 amide bonds. The van der Waals surface area contributed by atoms with Gasteiger partial charge in [0.15, 0.2) is 6.61 Å². The molecule has 1 aromatic carbocycles. The van der Waals surface area contributed by atoms with Crippen molar-refractivity contribution in [3.05, 3.63) is 23.8 Å². The van der Waals surface area contributed by atoms with Crippen LogP contribution in [0, 0.1) is 0 Å². The topological polar surface area (TPSA) is 59.6 Å². The summed E-state index contributed by atoms with van der Waals surface area (Å²) in [5.74, 6) is 0.0666. The zero-order valence-corrected chi connectivity index (χ0v) is 11.7. The SMILES string of the molecule is CNCc1ccc(OC)cc1OCC(=O)NCC(F)(F)F. The number of rotatable bonds is 7. The summed E-state index contributed by atoms with van der Waals surface area (Å²) >= 11 is 0. The number of benzene rings is 1. The van der Waals surface area contributed by atoms with Crippen LogP contribution in [-0.4, -0.2) is 39.4 Å². The van der Waals surface area contributed by atoms with Gasteiger partial charge in [0.2, 0.25) is 0 Å². The smallest absolute Gasteiger partial charge is 0.405 e. The highest BCUT2D eigenvalue weighted by Crippen LogP contribution is 2.24. The second-order valence-corrected chi connectivity index (χ2v) is 4.18. The Bertz CT molecular complexity index is 478. The van der Waals surface area contributed by atoms with Gasteiger partial charge < -0.3 is 20.1 Å². The van der Waals surface area contributed by atoms with Crippen molar-refractivity contribution < 1.29 is 27.4 Å². The van der Waals surface area contributed by atoms with E-state index in [-0.39, 0.29) is 0 Å². The van der Waals surface area contributed by atoms with Crippen LogP contribution in [0.25, 0.3) is 0 Å². The van der Waals surface area contributed by atoms with Crippen molar-refractivity contribution >= 4 is 5.91 Å². The van der Waals surface area contributed by atoms with Crippen molar-refractivity contribution in [1.29, 1.82) is 0 Å². The minimum absolute atomic E-state index is 0.380. The number of methoxy groups -OCH3 is 1. The zero-order valence-electron chi connectivity index (χ0n) is 11.7. The van der Waals surface area contributed by atoms with Gasteiger partial charge in [0.25, 0.3) is 5.91 Å². The first-order chi connectivity index (χ1) is 9.85. The molecule has 0 unspecified atom stereocenters. The van der Waals surface area contributed by atoms with Gasteiger partial charge in [-0.1, -0.05) is 6.07 Å². The second kappa shape index (κ2) is 7.72. The predicted octanol–water partition coefficient (Wildman–Crippen LogP) is 1.47. The maximum atomic E-state index is 12.0. The molecular weight excluding hydrogens is 289 g/mol. The molecule has 0 heterocycles. The molecule has 0 bridgehead atoms. The Hall–Kier alpha value is -1.96. The van der Waals surface area contributed by atoms with E-state index in [9.17, 15) is 18.0 Å². The van der Waals surface area contributed by atoms with Gasteiger partial charge in [-0.2, -0.15) is 13.2 Å². The molecule has 0 aliphatic heterocycles. The monoisotopic (exact) mass is 306 g/mol. The van der Waals surface area contributed by atoms with Gasteiger partial charge in [0.05, 0.1) is 7.11 Å². The molecule has 0 aromatic heterocycles. The van der Waals surface area contributed by atoms with Gasteiger partial charge >= 0.3 is 6.18 Å². The number of carbonyl (C=O) groups excluding carboxylic acids is 1. The maximum Gasteiger partial charge on any atom is 0.405 e. The first-order valence-corrected chi connectivity index (χ1v) is 6.13. The van der Waals surface area contributed by atoms with Crippen LogP contribution in [0.2, 0.25) is 0 Å². The van der Waals surface area contributed by atoms with Crippen LogP contribution < -0.4 is 20.1 Å². The molecule has 8 heteroatoms. The standard InChI is InChI=1S/C13H17F3N2O3/c1-17-6-9-3-4-10(20-2)5-11(9)21-7-12(19)18-8-13(14,15)16/h3-5,17H,6-8H2,1-2H3,(H,18,19). The average Bonchev–Trinajstić information content (AvgIpc) is 2.43. The number of halogens is 3. The van der Waals surface area contributed by atoms with Gasteiger partial charge in [0, 0.05) is 18.2 Å². The third kappa shape index (κ3) is 6.35. The fourth-order valence-electron chi connectivity index (χ4n) is 1.53. The van der Waals surface area contributed by atoms with Gasteiger partial charge in [0.1, 0.15) is 18.0 Å². The lowest BCUT2D eigenvalue weighted by Crippen LogP contribution is -2.36. The van der Waals surface area contributed by atoms with E-state index in [1.165, 1.54) is 7.11 Å². The summed E-state index contributed by atoms with van der Waals surface area (Å²) in [6.45, 7) is -1.39. The number of hydrogen-bond donors (Lipinski definition) is 2. The van der Waals surface area contributed by atoms with Crippen molar-refractivity contribution in [1.82, 2.24) is 10.6 Å². The van der Waals surface area contributed by atoms with Crippen LogP contribution in [0.3, 0.4) is 0 Å². The summed E-state index contributed by atoms with van der Waals surface area (Å²) in [6.07, 6.45) is -4.44. The third-order valence-electron chi connectivity index (χ3n) is 2.49. The first-order valence-electron chi connectivity index (χ1n) is 6.13. The van der Waals surface area contributed by atoms with Crippen molar-refractivity contribution in [2.45, 2.75) is 12.7 Å². The summed E-state index contributed by atoms with van der Waals surface area (Å²) in [5.41, 5.74) is 0.766. The quantitative estimate of drug-likeness (QED) is 0.801. The fraction of sp³-hybridized carbons (Fsp3) is 0.462. The predicted molar refractivity (Wildman–Crippen MR) is 70.3 cm³/mol. The Morgan fingerprint density at radius 3 is 2.62 bits per heavy atom. The van der Waals surface area contributed by atoms with Crippen molar-refractivity contribution in [2.75, 3.05) is 27.3 Å². The van der Waals surface area contributed by atoms with Crippen LogP contribution in [0.15, 0.2) is 18.2 Å². The molecule has 0 aliphatic carbocycles. The van der Waals surface area contributed by atoms with Crippen molar-refractivity contribution in [2.24, 2.45) is 0 Å². The van der Waals surface area contributed by atoms with Crippen LogP contribution in [0.4, 0.5) is 13.2 Å². The second-order valence-electron chi connectivity index (χ2n) is 4.18. The highest BCUT2D eigenvalue weighted by Gasteiger charge is 2.27. The molecule has 0 fully saturated rings. The molecule has 21 heavy (non-hydrogen) atoms. The number of amides is 1. The number of alkyl halides is 3.